The number of hydrogen-bond acceptors (Lipinski definition) is 3. The first-order valence-electron chi connectivity index (χ1n) is 5.69. The van der Waals surface area contributed by atoms with Gasteiger partial charge in [0.15, 0.2) is 0 Å². The molecule has 0 rings (SSSR count). The van der Waals surface area contributed by atoms with E-state index >= 15 is 0 Å². The molecule has 0 aromatic heterocycles. The molecule has 0 unspecified atom stereocenters. The summed E-state index contributed by atoms with van der Waals surface area (Å²) in [6.07, 6.45) is 1.28. The van der Waals surface area contributed by atoms with Gasteiger partial charge in [-0.25, -0.2) is 0 Å². The number of carbonyl (C=O) groups is 3. The predicted molar refractivity (Wildman–Crippen MR) is 62.4 cm³/mol. The summed E-state index contributed by atoms with van der Waals surface area (Å²) in [7, 11) is 1.54. The van der Waals surface area contributed by atoms with E-state index in [1.165, 1.54) is 11.9 Å². The number of carbonyl (C=O) groups excluding carboxylic acids is 2. The Bertz CT molecular complexity index is 279. The van der Waals surface area contributed by atoms with Gasteiger partial charge in [0.2, 0.25) is 11.8 Å². The van der Waals surface area contributed by atoms with Crippen LogP contribution < -0.4 is 5.32 Å². The third kappa shape index (κ3) is 8.24. The third-order valence-corrected chi connectivity index (χ3v) is 2.16. The summed E-state index contributed by atoms with van der Waals surface area (Å²) in [4.78, 5) is 34.4. The molecule has 98 valence electrons. The molecule has 0 aliphatic heterocycles. The van der Waals surface area contributed by atoms with Gasteiger partial charge in [0, 0.05) is 26.4 Å². The molecule has 2 N–H and O–H groups in total. The van der Waals surface area contributed by atoms with Gasteiger partial charge in [-0.3, -0.25) is 14.4 Å². The minimum absolute atomic E-state index is 0.0197. The lowest BCUT2D eigenvalue weighted by Gasteiger charge is -2.16. The number of nitrogens with zero attached hydrogens (tertiary/aromatic N) is 1. The summed E-state index contributed by atoms with van der Waals surface area (Å²) in [6, 6.07) is 0. The zero-order valence-corrected chi connectivity index (χ0v) is 10.4. The third-order valence-electron chi connectivity index (χ3n) is 2.16. The Hall–Kier alpha value is -1.59. The van der Waals surface area contributed by atoms with Gasteiger partial charge in [0.1, 0.15) is 0 Å². The number of aliphatic carboxylic acids is 1. The van der Waals surface area contributed by atoms with Gasteiger partial charge in [0.05, 0.1) is 6.54 Å². The highest BCUT2D eigenvalue weighted by atomic mass is 16.4. The maximum absolute atomic E-state index is 11.5. The highest BCUT2D eigenvalue weighted by molar-refractivity contribution is 5.84. The summed E-state index contributed by atoms with van der Waals surface area (Å²) >= 11 is 0. The van der Waals surface area contributed by atoms with Crippen molar-refractivity contribution in [2.45, 2.75) is 32.6 Å². The number of amides is 2. The largest absolute Gasteiger partial charge is 0.481 e. The van der Waals surface area contributed by atoms with E-state index in [0.717, 1.165) is 6.42 Å². The van der Waals surface area contributed by atoms with Gasteiger partial charge in [0.25, 0.3) is 0 Å². The van der Waals surface area contributed by atoms with Crippen molar-refractivity contribution < 1.29 is 19.5 Å². The second-order valence-electron chi connectivity index (χ2n) is 3.85. The molecular weight excluding hydrogens is 224 g/mol. The predicted octanol–water partition coefficient (Wildman–Crippen LogP) is 0.226. The summed E-state index contributed by atoms with van der Waals surface area (Å²) in [6.45, 7) is 2.56. The Morgan fingerprint density at radius 1 is 1.24 bits per heavy atom. The SMILES string of the molecule is CCCNC(=O)CN(C)C(=O)CCCC(=O)O. The van der Waals surface area contributed by atoms with E-state index in [2.05, 4.69) is 5.32 Å². The molecule has 0 saturated carbocycles. The minimum atomic E-state index is -0.916. The monoisotopic (exact) mass is 244 g/mol. The van der Waals surface area contributed by atoms with Crippen LogP contribution in [0.25, 0.3) is 0 Å². The fourth-order valence-corrected chi connectivity index (χ4v) is 1.21. The topological polar surface area (TPSA) is 86.7 Å². The highest BCUT2D eigenvalue weighted by Crippen LogP contribution is 1.99. The average Bonchev–Trinajstić information content (AvgIpc) is 2.25. The molecule has 0 heterocycles. The van der Waals surface area contributed by atoms with E-state index in [1.54, 1.807) is 0 Å². The average molecular weight is 244 g/mol. The lowest BCUT2D eigenvalue weighted by molar-refractivity contribution is -0.138. The second kappa shape index (κ2) is 8.55. The van der Waals surface area contributed by atoms with Crippen molar-refractivity contribution >= 4 is 17.8 Å². The molecule has 0 bridgehead atoms. The molecule has 17 heavy (non-hydrogen) atoms. The Morgan fingerprint density at radius 3 is 2.41 bits per heavy atom. The maximum atomic E-state index is 11.5. The van der Waals surface area contributed by atoms with Crippen LogP contribution in [0.3, 0.4) is 0 Å². The first-order chi connectivity index (χ1) is 7.97. The van der Waals surface area contributed by atoms with Crippen LogP contribution in [-0.2, 0) is 14.4 Å². The van der Waals surface area contributed by atoms with Crippen molar-refractivity contribution in [1.82, 2.24) is 10.2 Å². The van der Waals surface area contributed by atoms with Crippen molar-refractivity contribution in [2.24, 2.45) is 0 Å². The molecule has 0 aromatic rings. The number of rotatable bonds is 8. The summed E-state index contributed by atoms with van der Waals surface area (Å²) in [5.74, 6) is -1.32. The van der Waals surface area contributed by atoms with Crippen molar-refractivity contribution in [3.05, 3.63) is 0 Å². The van der Waals surface area contributed by atoms with E-state index in [1.807, 2.05) is 6.92 Å². The van der Waals surface area contributed by atoms with Gasteiger partial charge >= 0.3 is 5.97 Å². The van der Waals surface area contributed by atoms with Gasteiger partial charge in [-0.2, -0.15) is 0 Å². The Labute approximate surface area is 101 Å². The normalized spacial score (nSPS) is 9.76. The zero-order chi connectivity index (χ0) is 13.3. The molecule has 2 amide bonds. The smallest absolute Gasteiger partial charge is 0.303 e. The molecule has 6 heteroatoms. The summed E-state index contributed by atoms with van der Waals surface area (Å²) in [5.41, 5.74) is 0. The molecule has 0 aliphatic carbocycles. The lowest BCUT2D eigenvalue weighted by Crippen LogP contribution is -2.38. The van der Waals surface area contributed by atoms with Crippen LogP contribution in [0.5, 0.6) is 0 Å². The lowest BCUT2D eigenvalue weighted by atomic mass is 10.2. The van der Waals surface area contributed by atoms with Crippen molar-refractivity contribution in [3.63, 3.8) is 0 Å². The number of nitrogens with one attached hydrogen (secondary N) is 1. The highest BCUT2D eigenvalue weighted by Gasteiger charge is 2.12. The van der Waals surface area contributed by atoms with E-state index in [4.69, 9.17) is 5.11 Å². The molecule has 0 radical (unpaired) electrons. The van der Waals surface area contributed by atoms with Crippen LogP contribution in [0, 0.1) is 0 Å². The van der Waals surface area contributed by atoms with Crippen LogP contribution in [0.15, 0.2) is 0 Å². The first kappa shape index (κ1) is 15.4. The Kier molecular flexibility index (Phi) is 7.75. The maximum Gasteiger partial charge on any atom is 0.303 e. The van der Waals surface area contributed by atoms with Crippen LogP contribution in [-0.4, -0.2) is 47.9 Å². The molecular formula is C11H20N2O4. The zero-order valence-electron chi connectivity index (χ0n) is 10.4. The van der Waals surface area contributed by atoms with E-state index in [9.17, 15) is 14.4 Å². The Balaban J connectivity index is 3.80. The second-order valence-corrected chi connectivity index (χ2v) is 3.85. The van der Waals surface area contributed by atoms with Gasteiger partial charge in [-0.05, 0) is 12.8 Å². The number of carboxylic acid groups (broad SMARTS) is 1. The Morgan fingerprint density at radius 2 is 1.88 bits per heavy atom. The molecule has 0 aromatic carbocycles. The van der Waals surface area contributed by atoms with Crippen molar-refractivity contribution in [2.75, 3.05) is 20.1 Å². The summed E-state index contributed by atoms with van der Waals surface area (Å²) < 4.78 is 0. The van der Waals surface area contributed by atoms with E-state index in [-0.39, 0.29) is 31.2 Å². The molecule has 0 fully saturated rings. The van der Waals surface area contributed by atoms with Gasteiger partial charge in [-0.15, -0.1) is 0 Å². The van der Waals surface area contributed by atoms with E-state index < -0.39 is 5.97 Å². The molecule has 0 spiro atoms. The fourth-order valence-electron chi connectivity index (χ4n) is 1.21. The standard InChI is InChI=1S/C11H20N2O4/c1-3-7-12-9(14)8-13(2)10(15)5-4-6-11(16)17/h3-8H2,1-2H3,(H,12,14)(H,16,17). The molecule has 0 atom stereocenters. The minimum Gasteiger partial charge on any atom is -0.481 e. The van der Waals surface area contributed by atoms with Crippen LogP contribution in [0.1, 0.15) is 32.6 Å². The molecule has 0 saturated heterocycles. The van der Waals surface area contributed by atoms with Crippen LogP contribution in [0.2, 0.25) is 0 Å². The van der Waals surface area contributed by atoms with Crippen LogP contribution >= 0.6 is 0 Å². The van der Waals surface area contributed by atoms with E-state index in [0.29, 0.717) is 13.0 Å². The van der Waals surface area contributed by atoms with Crippen molar-refractivity contribution in [1.29, 1.82) is 0 Å². The quantitative estimate of drug-likeness (QED) is 0.639. The van der Waals surface area contributed by atoms with Crippen LogP contribution in [0.4, 0.5) is 0 Å². The molecule has 0 aliphatic rings. The summed E-state index contributed by atoms with van der Waals surface area (Å²) in [5, 5.41) is 11.1. The van der Waals surface area contributed by atoms with Gasteiger partial charge < -0.3 is 15.3 Å². The number of likely N-dealkylation sites (N-methyl/N-ethyl adjacent to an activating group) is 1. The number of carboxylic acids is 1. The molecule has 6 nitrogen and oxygen atoms in total. The number of hydrogen-bond donors (Lipinski definition) is 2. The first-order valence-corrected chi connectivity index (χ1v) is 5.69. The van der Waals surface area contributed by atoms with Gasteiger partial charge in [-0.1, -0.05) is 6.92 Å². The van der Waals surface area contributed by atoms with Crippen molar-refractivity contribution in [3.8, 4) is 0 Å². The fraction of sp³-hybridized carbons (Fsp3) is 0.727.